The third kappa shape index (κ3) is 3.68. The number of rotatable bonds is 3. The molecule has 2 aliphatic rings. The predicted molar refractivity (Wildman–Crippen MR) is 115 cm³/mol. The van der Waals surface area contributed by atoms with Gasteiger partial charge < -0.3 is 9.80 Å². The number of nitrogens with zero attached hydrogens (tertiary/aromatic N) is 10. The van der Waals surface area contributed by atoms with Crippen LogP contribution in [0.5, 0.6) is 0 Å². The number of hydrogen-bond acceptors (Lipinski definition) is 9. The van der Waals surface area contributed by atoms with Crippen LogP contribution >= 0.6 is 11.3 Å². The highest BCUT2D eigenvalue weighted by Gasteiger charge is 2.34. The average Bonchev–Trinajstić information content (AvgIpc) is 3.54. The lowest BCUT2D eigenvalue weighted by atomic mass is 10.2. The number of hydrogen-bond donors (Lipinski definition) is 0. The lowest BCUT2D eigenvalue weighted by Gasteiger charge is -2.36. The van der Waals surface area contributed by atoms with Crippen LogP contribution in [-0.4, -0.2) is 78.0 Å². The van der Waals surface area contributed by atoms with Gasteiger partial charge >= 0.3 is 6.03 Å². The summed E-state index contributed by atoms with van der Waals surface area (Å²) in [5.41, 5.74) is 0. The fourth-order valence-corrected chi connectivity index (χ4v) is 4.55. The van der Waals surface area contributed by atoms with Crippen LogP contribution in [0.2, 0.25) is 0 Å². The summed E-state index contributed by atoms with van der Waals surface area (Å²) in [4.78, 5) is 33.8. The Balaban J connectivity index is 1.28. The summed E-state index contributed by atoms with van der Waals surface area (Å²) in [7, 11) is 0. The van der Waals surface area contributed by atoms with E-state index in [9.17, 15) is 9.18 Å². The number of piperazine rings is 1. The van der Waals surface area contributed by atoms with Gasteiger partial charge in [-0.05, 0) is 13.8 Å². The van der Waals surface area contributed by atoms with Crippen LogP contribution in [0.4, 0.5) is 15.1 Å². The van der Waals surface area contributed by atoms with Crippen molar-refractivity contribution in [2.75, 3.05) is 31.1 Å². The standard InChI is InChI=1S/C19H21FN10OS/c1-12-24-13(2)29(26-12)16-14(20)11-22-18(25-16)27-6-8-28(9-7-27)19(31)30-15(3-4-23-30)17-21-5-10-32-17/h4-5,10-11,15H,3,6-9H2,1-2H3. The van der Waals surface area contributed by atoms with E-state index in [4.69, 9.17) is 0 Å². The van der Waals surface area contributed by atoms with Gasteiger partial charge in [0.25, 0.3) is 0 Å². The number of hydrazone groups is 1. The van der Waals surface area contributed by atoms with Crippen LogP contribution in [0.3, 0.4) is 0 Å². The molecule has 5 rings (SSSR count). The molecule has 0 radical (unpaired) electrons. The van der Waals surface area contributed by atoms with Crippen molar-refractivity contribution in [2.45, 2.75) is 26.3 Å². The second-order valence-corrected chi connectivity index (χ2v) is 8.41. The molecular formula is C19H21FN10OS. The van der Waals surface area contributed by atoms with Gasteiger partial charge in [-0.1, -0.05) is 0 Å². The molecule has 1 atom stereocenters. The SMILES string of the molecule is Cc1nc(C)n(-c2nc(N3CCN(C(=O)N4N=CCC4c4nccs4)CC3)ncc2F)n1. The van der Waals surface area contributed by atoms with Crippen LogP contribution in [0.15, 0.2) is 22.9 Å². The molecule has 1 saturated heterocycles. The first-order valence-corrected chi connectivity index (χ1v) is 11.1. The first-order valence-electron chi connectivity index (χ1n) is 10.2. The first-order chi connectivity index (χ1) is 15.5. The van der Waals surface area contributed by atoms with Crippen LogP contribution < -0.4 is 4.90 Å². The zero-order valence-electron chi connectivity index (χ0n) is 17.6. The Morgan fingerprint density at radius 3 is 2.66 bits per heavy atom. The number of aromatic nitrogens is 6. The van der Waals surface area contributed by atoms with Crippen molar-refractivity contribution in [2.24, 2.45) is 5.10 Å². The van der Waals surface area contributed by atoms with E-state index >= 15 is 0 Å². The summed E-state index contributed by atoms with van der Waals surface area (Å²) in [6.07, 6.45) is 5.29. The maximum atomic E-state index is 14.4. The highest BCUT2D eigenvalue weighted by atomic mass is 32.1. The maximum absolute atomic E-state index is 14.4. The summed E-state index contributed by atoms with van der Waals surface area (Å²) < 4.78 is 15.8. The van der Waals surface area contributed by atoms with E-state index in [1.807, 2.05) is 10.3 Å². The second kappa shape index (κ2) is 8.22. The van der Waals surface area contributed by atoms with E-state index in [0.29, 0.717) is 50.2 Å². The van der Waals surface area contributed by atoms with E-state index in [1.165, 1.54) is 21.0 Å². The normalized spacial score (nSPS) is 18.6. The lowest BCUT2D eigenvalue weighted by molar-refractivity contribution is 0.139. The third-order valence-electron chi connectivity index (χ3n) is 5.38. The molecule has 0 aromatic carbocycles. The second-order valence-electron chi connectivity index (χ2n) is 7.48. The van der Waals surface area contributed by atoms with E-state index in [-0.39, 0.29) is 17.9 Å². The topological polar surface area (TPSA) is 109 Å². The van der Waals surface area contributed by atoms with Crippen LogP contribution in [0.25, 0.3) is 5.82 Å². The lowest BCUT2D eigenvalue weighted by Crippen LogP contribution is -2.52. The summed E-state index contributed by atoms with van der Waals surface area (Å²) >= 11 is 1.52. The van der Waals surface area contributed by atoms with Crippen molar-refractivity contribution in [1.29, 1.82) is 0 Å². The molecule has 11 nitrogen and oxygen atoms in total. The quantitative estimate of drug-likeness (QED) is 0.593. The molecule has 0 aliphatic carbocycles. The fraction of sp³-hybridized carbons (Fsp3) is 0.421. The number of carbonyl (C=O) groups is 1. The molecule has 2 amide bonds. The highest BCUT2D eigenvalue weighted by Crippen LogP contribution is 2.30. The molecule has 5 heterocycles. The number of thiazole rings is 1. The molecule has 166 valence electrons. The van der Waals surface area contributed by atoms with Crippen molar-refractivity contribution in [3.63, 3.8) is 0 Å². The van der Waals surface area contributed by atoms with Gasteiger partial charge in [-0.25, -0.2) is 29.1 Å². The highest BCUT2D eigenvalue weighted by molar-refractivity contribution is 7.09. The van der Waals surface area contributed by atoms with Gasteiger partial charge in [-0.3, -0.25) is 0 Å². The molecule has 3 aromatic heterocycles. The Morgan fingerprint density at radius 1 is 1.16 bits per heavy atom. The van der Waals surface area contributed by atoms with Crippen molar-refractivity contribution < 1.29 is 9.18 Å². The van der Waals surface area contributed by atoms with Gasteiger partial charge in [0.1, 0.15) is 22.7 Å². The number of halogens is 1. The van der Waals surface area contributed by atoms with Crippen molar-refractivity contribution >= 4 is 29.5 Å². The largest absolute Gasteiger partial charge is 0.341 e. The minimum Gasteiger partial charge on any atom is -0.337 e. The van der Waals surface area contributed by atoms with E-state index in [0.717, 1.165) is 11.2 Å². The van der Waals surface area contributed by atoms with Gasteiger partial charge in [-0.15, -0.1) is 16.4 Å². The summed E-state index contributed by atoms with van der Waals surface area (Å²) in [6.45, 7) is 5.48. The Labute approximate surface area is 187 Å². The minimum absolute atomic E-state index is 0.0595. The molecular weight excluding hydrogens is 435 g/mol. The van der Waals surface area contributed by atoms with Gasteiger partial charge in [0, 0.05) is 50.4 Å². The van der Waals surface area contributed by atoms with Crippen LogP contribution in [0, 0.1) is 19.7 Å². The van der Waals surface area contributed by atoms with Crippen LogP contribution in [-0.2, 0) is 0 Å². The zero-order valence-corrected chi connectivity index (χ0v) is 18.4. The third-order valence-corrected chi connectivity index (χ3v) is 6.26. The summed E-state index contributed by atoms with van der Waals surface area (Å²) in [5.74, 6) is 0.957. The molecule has 32 heavy (non-hydrogen) atoms. The molecule has 2 aliphatic heterocycles. The molecule has 0 spiro atoms. The minimum atomic E-state index is -0.573. The Kier molecular flexibility index (Phi) is 5.25. The number of amides is 2. The molecule has 0 bridgehead atoms. The van der Waals surface area contributed by atoms with Crippen molar-refractivity contribution in [1.82, 2.24) is 39.6 Å². The van der Waals surface area contributed by atoms with Crippen LogP contribution in [0.1, 0.15) is 29.1 Å². The Morgan fingerprint density at radius 2 is 1.97 bits per heavy atom. The molecule has 3 aromatic rings. The van der Waals surface area contributed by atoms with Gasteiger partial charge in [0.15, 0.2) is 11.6 Å². The average molecular weight is 457 g/mol. The number of carbonyl (C=O) groups excluding carboxylic acids is 1. The van der Waals surface area contributed by atoms with E-state index in [2.05, 4.69) is 30.1 Å². The number of urea groups is 1. The zero-order chi connectivity index (χ0) is 22.2. The fourth-order valence-electron chi connectivity index (χ4n) is 3.82. The van der Waals surface area contributed by atoms with E-state index in [1.54, 1.807) is 31.2 Å². The summed E-state index contributed by atoms with van der Waals surface area (Å²) in [6, 6.07) is -0.300. The number of aryl methyl sites for hydroxylation is 2. The predicted octanol–water partition coefficient (Wildman–Crippen LogP) is 1.94. The molecule has 1 fully saturated rings. The van der Waals surface area contributed by atoms with Crippen molar-refractivity contribution in [3.05, 3.63) is 40.2 Å². The van der Waals surface area contributed by atoms with Gasteiger partial charge in [-0.2, -0.15) is 14.8 Å². The molecule has 1 unspecified atom stereocenters. The van der Waals surface area contributed by atoms with Gasteiger partial charge in [0.2, 0.25) is 5.95 Å². The molecule has 13 heteroatoms. The Hall–Kier alpha value is -3.48. The van der Waals surface area contributed by atoms with Crippen molar-refractivity contribution in [3.8, 4) is 5.82 Å². The Bertz CT molecular complexity index is 1160. The van der Waals surface area contributed by atoms with E-state index < -0.39 is 5.82 Å². The summed E-state index contributed by atoms with van der Waals surface area (Å²) in [5, 5.41) is 12.8. The first kappa shape index (κ1) is 20.4. The maximum Gasteiger partial charge on any atom is 0.341 e. The monoisotopic (exact) mass is 456 g/mol. The number of anilines is 1. The molecule has 0 saturated carbocycles. The van der Waals surface area contributed by atoms with Gasteiger partial charge in [0.05, 0.1) is 6.20 Å². The smallest absolute Gasteiger partial charge is 0.337 e. The molecule has 0 N–H and O–H groups in total.